The number of halogens is 2. The lowest BCUT2D eigenvalue weighted by Crippen LogP contribution is -2.30. The Balaban J connectivity index is 1.76. The van der Waals surface area contributed by atoms with Crippen molar-refractivity contribution in [3.63, 3.8) is 0 Å². The standard InChI is InChI=1S/C14H13BrClN3O/c15-11-3-1-10(2-4-11)5-7-18-14(20)19-13-9-12(16)6-8-17-13/h1-4,6,8-9H,5,7H2,(H2,17,18,19,20). The number of hydrogen-bond donors (Lipinski definition) is 2. The molecule has 2 rings (SSSR count). The second-order valence-corrected chi connectivity index (χ2v) is 5.47. The Morgan fingerprint density at radius 1 is 1.25 bits per heavy atom. The van der Waals surface area contributed by atoms with Crippen LogP contribution in [0.15, 0.2) is 47.1 Å². The van der Waals surface area contributed by atoms with Crippen LogP contribution in [0.1, 0.15) is 5.56 Å². The summed E-state index contributed by atoms with van der Waals surface area (Å²) in [7, 11) is 0. The molecule has 0 radical (unpaired) electrons. The number of hydrogen-bond acceptors (Lipinski definition) is 2. The summed E-state index contributed by atoms with van der Waals surface area (Å²) in [6, 6.07) is 10.9. The second kappa shape index (κ2) is 7.26. The fourth-order valence-corrected chi connectivity index (χ4v) is 2.03. The highest BCUT2D eigenvalue weighted by atomic mass is 79.9. The molecular formula is C14H13BrClN3O. The predicted molar refractivity (Wildman–Crippen MR) is 84.1 cm³/mol. The number of nitrogens with one attached hydrogen (secondary N) is 2. The van der Waals surface area contributed by atoms with E-state index in [-0.39, 0.29) is 6.03 Å². The lowest BCUT2D eigenvalue weighted by Gasteiger charge is -2.07. The van der Waals surface area contributed by atoms with Gasteiger partial charge in [-0.05, 0) is 36.2 Å². The fraction of sp³-hybridized carbons (Fsp3) is 0.143. The monoisotopic (exact) mass is 353 g/mol. The molecule has 2 amide bonds. The van der Waals surface area contributed by atoms with Crippen LogP contribution < -0.4 is 10.6 Å². The molecular weight excluding hydrogens is 342 g/mol. The third-order valence-electron chi connectivity index (χ3n) is 2.58. The number of aromatic nitrogens is 1. The lowest BCUT2D eigenvalue weighted by molar-refractivity contribution is 0.252. The molecule has 0 atom stereocenters. The summed E-state index contributed by atoms with van der Waals surface area (Å²) in [5, 5.41) is 5.93. The van der Waals surface area contributed by atoms with Crippen molar-refractivity contribution in [2.45, 2.75) is 6.42 Å². The van der Waals surface area contributed by atoms with Crippen LogP contribution in [0, 0.1) is 0 Å². The first kappa shape index (κ1) is 14.8. The van der Waals surface area contributed by atoms with E-state index in [4.69, 9.17) is 11.6 Å². The van der Waals surface area contributed by atoms with Crippen LogP contribution in [0.3, 0.4) is 0 Å². The van der Waals surface area contributed by atoms with Crippen LogP contribution in [0.5, 0.6) is 0 Å². The summed E-state index contributed by atoms with van der Waals surface area (Å²) in [5.41, 5.74) is 1.16. The van der Waals surface area contributed by atoms with E-state index in [2.05, 4.69) is 31.5 Å². The molecule has 104 valence electrons. The Bertz CT molecular complexity index is 589. The highest BCUT2D eigenvalue weighted by molar-refractivity contribution is 9.10. The lowest BCUT2D eigenvalue weighted by atomic mass is 10.1. The molecule has 1 heterocycles. The van der Waals surface area contributed by atoms with Crippen LogP contribution in [0.4, 0.5) is 10.6 Å². The van der Waals surface area contributed by atoms with Gasteiger partial charge in [0.15, 0.2) is 0 Å². The number of anilines is 1. The van der Waals surface area contributed by atoms with Gasteiger partial charge in [-0.15, -0.1) is 0 Å². The maximum absolute atomic E-state index is 11.7. The number of rotatable bonds is 4. The molecule has 0 aliphatic rings. The van der Waals surface area contributed by atoms with E-state index >= 15 is 0 Å². The maximum atomic E-state index is 11.7. The van der Waals surface area contributed by atoms with Crippen molar-refractivity contribution in [1.82, 2.24) is 10.3 Å². The number of urea groups is 1. The average Bonchev–Trinajstić information content (AvgIpc) is 2.41. The second-order valence-electron chi connectivity index (χ2n) is 4.12. The van der Waals surface area contributed by atoms with Crippen LogP contribution >= 0.6 is 27.5 Å². The number of carbonyl (C=O) groups is 1. The van der Waals surface area contributed by atoms with Crippen LogP contribution in [-0.2, 0) is 6.42 Å². The van der Waals surface area contributed by atoms with E-state index in [9.17, 15) is 4.79 Å². The average molecular weight is 355 g/mol. The number of benzene rings is 1. The Morgan fingerprint density at radius 2 is 2.00 bits per heavy atom. The minimum atomic E-state index is -0.295. The molecule has 6 heteroatoms. The third-order valence-corrected chi connectivity index (χ3v) is 3.34. The van der Waals surface area contributed by atoms with Crippen molar-refractivity contribution in [3.05, 3.63) is 57.7 Å². The number of pyridine rings is 1. The summed E-state index contributed by atoms with van der Waals surface area (Å²) in [4.78, 5) is 15.6. The fourth-order valence-electron chi connectivity index (χ4n) is 1.61. The van der Waals surface area contributed by atoms with Gasteiger partial charge >= 0.3 is 6.03 Å². The van der Waals surface area contributed by atoms with Crippen LogP contribution in [0.2, 0.25) is 5.02 Å². The maximum Gasteiger partial charge on any atom is 0.320 e. The molecule has 1 aromatic heterocycles. The van der Waals surface area contributed by atoms with Crippen LogP contribution in [-0.4, -0.2) is 17.6 Å². The smallest absolute Gasteiger partial charge is 0.320 e. The van der Waals surface area contributed by atoms with E-state index < -0.39 is 0 Å². The Hall–Kier alpha value is -1.59. The molecule has 1 aromatic carbocycles. The predicted octanol–water partition coefficient (Wildman–Crippen LogP) is 3.86. The first-order chi connectivity index (χ1) is 9.63. The molecule has 0 aliphatic carbocycles. The zero-order chi connectivity index (χ0) is 14.4. The molecule has 4 nitrogen and oxygen atoms in total. The Labute approximate surface area is 130 Å². The molecule has 0 bridgehead atoms. The highest BCUT2D eigenvalue weighted by Crippen LogP contribution is 2.12. The summed E-state index contributed by atoms with van der Waals surface area (Å²) in [6.07, 6.45) is 2.31. The molecule has 20 heavy (non-hydrogen) atoms. The van der Waals surface area contributed by atoms with E-state index in [0.29, 0.717) is 17.4 Å². The van der Waals surface area contributed by atoms with Gasteiger partial charge in [0.1, 0.15) is 5.82 Å². The molecule has 0 saturated carbocycles. The zero-order valence-electron chi connectivity index (χ0n) is 10.6. The quantitative estimate of drug-likeness (QED) is 0.876. The number of nitrogens with zero attached hydrogens (tertiary/aromatic N) is 1. The molecule has 0 saturated heterocycles. The summed E-state index contributed by atoms with van der Waals surface area (Å²) in [6.45, 7) is 0.550. The van der Waals surface area contributed by atoms with Crippen molar-refractivity contribution < 1.29 is 4.79 Å². The Kier molecular flexibility index (Phi) is 5.38. The normalized spacial score (nSPS) is 10.1. The van der Waals surface area contributed by atoms with Crippen molar-refractivity contribution in [1.29, 1.82) is 0 Å². The topological polar surface area (TPSA) is 54.0 Å². The van der Waals surface area contributed by atoms with E-state index in [0.717, 1.165) is 16.5 Å². The van der Waals surface area contributed by atoms with Crippen LogP contribution in [0.25, 0.3) is 0 Å². The molecule has 2 N–H and O–H groups in total. The van der Waals surface area contributed by atoms with Gasteiger partial charge in [-0.2, -0.15) is 0 Å². The van der Waals surface area contributed by atoms with Crippen molar-refractivity contribution >= 4 is 39.4 Å². The van der Waals surface area contributed by atoms with Gasteiger partial charge in [-0.3, -0.25) is 5.32 Å². The van der Waals surface area contributed by atoms with Gasteiger partial charge in [0, 0.05) is 22.2 Å². The minimum absolute atomic E-state index is 0.295. The van der Waals surface area contributed by atoms with E-state index in [1.54, 1.807) is 18.3 Å². The van der Waals surface area contributed by atoms with Crippen molar-refractivity contribution in [2.75, 3.05) is 11.9 Å². The first-order valence-corrected chi connectivity index (χ1v) is 7.21. The third kappa shape index (κ3) is 4.83. The first-order valence-electron chi connectivity index (χ1n) is 6.04. The highest BCUT2D eigenvalue weighted by Gasteiger charge is 2.02. The van der Waals surface area contributed by atoms with Gasteiger partial charge < -0.3 is 5.32 Å². The van der Waals surface area contributed by atoms with Gasteiger partial charge in [-0.1, -0.05) is 39.7 Å². The SMILES string of the molecule is O=C(NCCc1ccc(Br)cc1)Nc1cc(Cl)ccn1. The molecule has 0 fully saturated rings. The summed E-state index contributed by atoms with van der Waals surface area (Å²) < 4.78 is 1.04. The molecule has 0 spiro atoms. The van der Waals surface area contributed by atoms with Crippen molar-refractivity contribution in [3.8, 4) is 0 Å². The summed E-state index contributed by atoms with van der Waals surface area (Å²) in [5.74, 6) is 0.429. The zero-order valence-corrected chi connectivity index (χ0v) is 12.9. The van der Waals surface area contributed by atoms with E-state index in [1.165, 1.54) is 0 Å². The molecule has 2 aromatic rings. The summed E-state index contributed by atoms with van der Waals surface area (Å²) >= 11 is 9.19. The van der Waals surface area contributed by atoms with Gasteiger partial charge in [0.2, 0.25) is 0 Å². The van der Waals surface area contributed by atoms with Crippen molar-refractivity contribution in [2.24, 2.45) is 0 Å². The van der Waals surface area contributed by atoms with Gasteiger partial charge in [0.05, 0.1) is 0 Å². The molecule has 0 aliphatic heterocycles. The number of carbonyl (C=O) groups excluding carboxylic acids is 1. The Morgan fingerprint density at radius 3 is 2.70 bits per heavy atom. The molecule has 0 unspecified atom stereocenters. The van der Waals surface area contributed by atoms with E-state index in [1.807, 2.05) is 24.3 Å². The van der Waals surface area contributed by atoms with Gasteiger partial charge in [-0.25, -0.2) is 9.78 Å². The largest absolute Gasteiger partial charge is 0.337 e. The number of amides is 2. The minimum Gasteiger partial charge on any atom is -0.337 e. The van der Waals surface area contributed by atoms with Gasteiger partial charge in [0.25, 0.3) is 0 Å².